The molecule has 3 aromatic carbocycles. The second kappa shape index (κ2) is 9.14. The van der Waals surface area contributed by atoms with Crippen LogP contribution in [-0.2, 0) is 11.4 Å². The Morgan fingerprint density at radius 3 is 2.31 bits per heavy atom. The van der Waals surface area contributed by atoms with Crippen molar-refractivity contribution in [3.05, 3.63) is 89.5 Å². The summed E-state index contributed by atoms with van der Waals surface area (Å²) < 4.78 is 11.1. The first-order valence-corrected chi connectivity index (χ1v) is 10.5. The second-order valence-electron chi connectivity index (χ2n) is 7.84. The number of carbonyl (C=O) groups excluding carboxylic acids is 1. The van der Waals surface area contributed by atoms with Crippen molar-refractivity contribution in [3.63, 3.8) is 0 Å². The molecule has 0 saturated heterocycles. The number of hydrogen-bond acceptors (Lipinski definition) is 4. The van der Waals surface area contributed by atoms with Crippen molar-refractivity contribution in [2.45, 2.75) is 31.9 Å². The minimum Gasteiger partial charge on any atom is -0.497 e. The molecule has 1 aliphatic heterocycles. The van der Waals surface area contributed by atoms with Crippen molar-refractivity contribution in [1.82, 2.24) is 0 Å². The van der Waals surface area contributed by atoms with Gasteiger partial charge in [0.05, 0.1) is 13.5 Å². The number of aliphatic carboxylic acids is 1. The van der Waals surface area contributed by atoms with Gasteiger partial charge in [-0.1, -0.05) is 30.3 Å². The number of benzene rings is 3. The van der Waals surface area contributed by atoms with Gasteiger partial charge in [0, 0.05) is 23.2 Å². The van der Waals surface area contributed by atoms with E-state index in [0.29, 0.717) is 23.7 Å². The Morgan fingerprint density at radius 2 is 1.66 bits per heavy atom. The summed E-state index contributed by atoms with van der Waals surface area (Å²) in [5.41, 5.74) is 3.09. The quantitative estimate of drug-likeness (QED) is 0.577. The highest BCUT2D eigenvalue weighted by Crippen LogP contribution is 2.45. The number of ether oxygens (including phenoxy) is 2. The summed E-state index contributed by atoms with van der Waals surface area (Å²) in [6.45, 7) is 2.30. The van der Waals surface area contributed by atoms with Crippen molar-refractivity contribution in [3.8, 4) is 11.5 Å². The standard InChI is InChI=1S/C26H25NO5/c1-17-22(15-25(28)29)23-14-21(32-16-18-6-4-3-5-7-18)12-13-24(23)27(17)26(30)19-8-10-20(31-2)11-9-19/h3-14,17,22H,15-16H2,1-2H3,(H,28,29)/t17-,22-/m1/s1. The Balaban J connectivity index is 1.64. The van der Waals surface area contributed by atoms with Crippen LogP contribution >= 0.6 is 0 Å². The zero-order valence-corrected chi connectivity index (χ0v) is 18.0. The maximum absolute atomic E-state index is 13.4. The van der Waals surface area contributed by atoms with E-state index >= 15 is 0 Å². The number of nitrogens with zero attached hydrogens (tertiary/aromatic N) is 1. The molecule has 4 rings (SSSR count). The summed E-state index contributed by atoms with van der Waals surface area (Å²) >= 11 is 0. The predicted molar refractivity (Wildman–Crippen MR) is 121 cm³/mol. The molecule has 0 bridgehead atoms. The van der Waals surface area contributed by atoms with Gasteiger partial charge in [0.1, 0.15) is 18.1 Å². The van der Waals surface area contributed by atoms with Gasteiger partial charge in [0.2, 0.25) is 0 Å². The average Bonchev–Trinajstić information content (AvgIpc) is 3.08. The van der Waals surface area contributed by atoms with E-state index in [9.17, 15) is 14.7 Å². The number of carbonyl (C=O) groups is 2. The number of fused-ring (bicyclic) bond motifs is 1. The first kappa shape index (κ1) is 21.4. The third-order valence-corrected chi connectivity index (χ3v) is 5.85. The van der Waals surface area contributed by atoms with Gasteiger partial charge in [-0.15, -0.1) is 0 Å². The van der Waals surface area contributed by atoms with Gasteiger partial charge in [-0.05, 0) is 60.5 Å². The van der Waals surface area contributed by atoms with Crippen molar-refractivity contribution < 1.29 is 24.2 Å². The molecule has 0 radical (unpaired) electrons. The van der Waals surface area contributed by atoms with Gasteiger partial charge in [-0.2, -0.15) is 0 Å². The first-order valence-electron chi connectivity index (χ1n) is 10.5. The summed E-state index contributed by atoms with van der Waals surface area (Å²) in [5, 5.41) is 9.49. The fourth-order valence-electron chi connectivity index (χ4n) is 4.17. The van der Waals surface area contributed by atoms with Crippen LogP contribution in [0, 0.1) is 0 Å². The van der Waals surface area contributed by atoms with E-state index in [4.69, 9.17) is 9.47 Å². The highest BCUT2D eigenvalue weighted by molar-refractivity contribution is 6.08. The van der Waals surface area contributed by atoms with Crippen LogP contribution in [0.1, 0.15) is 40.7 Å². The SMILES string of the molecule is COc1ccc(C(=O)N2c3ccc(OCc4ccccc4)cc3[C@H](CC(=O)O)[C@H]2C)cc1. The van der Waals surface area contributed by atoms with Gasteiger partial charge >= 0.3 is 5.97 Å². The Labute approximate surface area is 187 Å². The van der Waals surface area contributed by atoms with E-state index in [2.05, 4.69) is 0 Å². The number of carboxylic acid groups (broad SMARTS) is 1. The molecule has 1 amide bonds. The predicted octanol–water partition coefficient (Wildman–Crippen LogP) is 4.88. The molecule has 0 unspecified atom stereocenters. The number of carboxylic acids is 1. The highest BCUT2D eigenvalue weighted by atomic mass is 16.5. The van der Waals surface area contributed by atoms with E-state index in [1.54, 1.807) is 36.3 Å². The van der Waals surface area contributed by atoms with Crippen LogP contribution in [0.5, 0.6) is 11.5 Å². The summed E-state index contributed by atoms with van der Waals surface area (Å²) in [5.74, 6) is -0.0892. The van der Waals surface area contributed by atoms with Gasteiger partial charge in [0.15, 0.2) is 0 Å². The lowest BCUT2D eigenvalue weighted by Gasteiger charge is -2.25. The number of anilines is 1. The maximum atomic E-state index is 13.4. The minimum atomic E-state index is -0.901. The third kappa shape index (κ3) is 4.30. The van der Waals surface area contributed by atoms with Gasteiger partial charge < -0.3 is 19.5 Å². The molecule has 6 heteroatoms. The average molecular weight is 431 g/mol. The van der Waals surface area contributed by atoms with Gasteiger partial charge in [-0.3, -0.25) is 9.59 Å². The molecule has 0 spiro atoms. The minimum absolute atomic E-state index is 0.0668. The molecule has 0 saturated carbocycles. The lowest BCUT2D eigenvalue weighted by atomic mass is 9.92. The van der Waals surface area contributed by atoms with Crippen LogP contribution in [-0.4, -0.2) is 30.1 Å². The molecule has 164 valence electrons. The largest absolute Gasteiger partial charge is 0.497 e. The maximum Gasteiger partial charge on any atom is 0.304 e. The Bertz CT molecular complexity index is 1110. The topological polar surface area (TPSA) is 76.1 Å². The van der Waals surface area contributed by atoms with Gasteiger partial charge in [-0.25, -0.2) is 0 Å². The van der Waals surface area contributed by atoms with Gasteiger partial charge in [0.25, 0.3) is 5.91 Å². The van der Waals surface area contributed by atoms with Crippen LogP contribution < -0.4 is 14.4 Å². The van der Waals surface area contributed by atoms with Crippen molar-refractivity contribution in [2.24, 2.45) is 0 Å². The third-order valence-electron chi connectivity index (χ3n) is 5.85. The molecule has 2 atom stereocenters. The summed E-state index contributed by atoms with van der Waals surface area (Å²) in [4.78, 5) is 26.6. The molecule has 32 heavy (non-hydrogen) atoms. The van der Waals surface area contributed by atoms with Crippen LogP contribution in [0.2, 0.25) is 0 Å². The van der Waals surface area contributed by atoms with Crippen LogP contribution in [0.15, 0.2) is 72.8 Å². The van der Waals surface area contributed by atoms with E-state index in [1.165, 1.54) is 0 Å². The molecule has 3 aromatic rings. The fraction of sp³-hybridized carbons (Fsp3) is 0.231. The Morgan fingerprint density at radius 1 is 0.969 bits per heavy atom. The highest BCUT2D eigenvalue weighted by Gasteiger charge is 2.40. The smallest absolute Gasteiger partial charge is 0.304 e. The molecule has 0 aliphatic carbocycles. The lowest BCUT2D eigenvalue weighted by Crippen LogP contribution is -2.37. The fourth-order valence-corrected chi connectivity index (χ4v) is 4.17. The van der Waals surface area contributed by atoms with E-state index in [0.717, 1.165) is 16.8 Å². The molecule has 0 fully saturated rings. The number of amides is 1. The molecular weight excluding hydrogens is 406 g/mol. The Kier molecular flexibility index (Phi) is 6.12. The monoisotopic (exact) mass is 431 g/mol. The van der Waals surface area contributed by atoms with Crippen LogP contribution in [0.3, 0.4) is 0 Å². The van der Waals surface area contributed by atoms with Crippen LogP contribution in [0.25, 0.3) is 0 Å². The van der Waals surface area contributed by atoms with E-state index in [1.807, 2.05) is 55.5 Å². The number of hydrogen-bond donors (Lipinski definition) is 1. The molecular formula is C26H25NO5. The van der Waals surface area contributed by atoms with Crippen LogP contribution in [0.4, 0.5) is 5.69 Å². The molecule has 1 aliphatic rings. The van der Waals surface area contributed by atoms with Crippen molar-refractivity contribution in [2.75, 3.05) is 12.0 Å². The molecule has 1 heterocycles. The number of methoxy groups -OCH3 is 1. The van der Waals surface area contributed by atoms with Crippen molar-refractivity contribution >= 4 is 17.6 Å². The molecule has 1 N–H and O–H groups in total. The zero-order valence-electron chi connectivity index (χ0n) is 18.0. The summed E-state index contributed by atoms with van der Waals surface area (Å²) in [6, 6.07) is 22.0. The zero-order chi connectivity index (χ0) is 22.7. The Hall–Kier alpha value is -3.80. The van der Waals surface area contributed by atoms with E-state index in [-0.39, 0.29) is 24.3 Å². The number of rotatable bonds is 7. The second-order valence-corrected chi connectivity index (χ2v) is 7.84. The normalized spacial score (nSPS) is 17.0. The van der Waals surface area contributed by atoms with Crippen molar-refractivity contribution in [1.29, 1.82) is 0 Å². The lowest BCUT2D eigenvalue weighted by molar-refractivity contribution is -0.137. The molecule has 6 nitrogen and oxygen atoms in total. The molecule has 0 aromatic heterocycles. The summed E-state index contributed by atoms with van der Waals surface area (Å²) in [7, 11) is 1.57. The summed E-state index contributed by atoms with van der Waals surface area (Å²) in [6.07, 6.45) is -0.0668. The van der Waals surface area contributed by atoms with E-state index < -0.39 is 5.97 Å². The first-order chi connectivity index (χ1) is 15.5.